The van der Waals surface area contributed by atoms with Gasteiger partial charge in [-0.3, -0.25) is 13.9 Å². The molecule has 194 valence electrons. The van der Waals surface area contributed by atoms with Gasteiger partial charge in [-0.1, -0.05) is 0 Å². The third-order valence-corrected chi connectivity index (χ3v) is 6.89. The molecule has 1 fully saturated rings. The van der Waals surface area contributed by atoms with Gasteiger partial charge in [0.05, 0.1) is 18.4 Å². The Bertz CT molecular complexity index is 1250. The molecule has 0 bridgehead atoms. The molecule has 0 spiro atoms. The number of thiophene rings is 1. The van der Waals surface area contributed by atoms with Crippen molar-refractivity contribution in [1.82, 2.24) is 19.6 Å². The minimum absolute atomic E-state index is 0.0778. The summed E-state index contributed by atoms with van der Waals surface area (Å²) in [5, 5.41) is 0.884. The standard InChI is InChI=1S/C21H28F3N5O5S/c1-11-13(10-28(17(25)31)26-18(32)34-20(2,3)4)35-16-14(11)15(30)29(12-6-5-7-12)19(33)27(16)9-8-21(22,23)24/h12H,5-10H2,1-4H3,(H2,25,31)(H,26,32). The quantitative estimate of drug-likeness (QED) is 0.584. The molecule has 2 aromatic rings. The van der Waals surface area contributed by atoms with Crippen molar-refractivity contribution < 1.29 is 27.5 Å². The number of amides is 3. The van der Waals surface area contributed by atoms with E-state index in [1.807, 2.05) is 0 Å². The van der Waals surface area contributed by atoms with E-state index in [1.54, 1.807) is 27.7 Å². The number of urea groups is 1. The summed E-state index contributed by atoms with van der Waals surface area (Å²) >= 11 is 0.902. The fraction of sp³-hybridized carbons (Fsp3) is 0.619. The van der Waals surface area contributed by atoms with E-state index in [0.717, 1.165) is 31.9 Å². The summed E-state index contributed by atoms with van der Waals surface area (Å²) in [4.78, 5) is 50.9. The number of carbonyl (C=O) groups is 2. The number of nitrogens with zero attached hydrogens (tertiary/aromatic N) is 3. The maximum atomic E-state index is 13.3. The Labute approximate surface area is 202 Å². The molecule has 14 heteroatoms. The van der Waals surface area contributed by atoms with Gasteiger partial charge in [0.1, 0.15) is 10.4 Å². The summed E-state index contributed by atoms with van der Waals surface area (Å²) in [5.41, 5.74) is 5.79. The Hall–Kier alpha value is -3.03. The van der Waals surface area contributed by atoms with E-state index in [9.17, 15) is 32.3 Å². The molecule has 35 heavy (non-hydrogen) atoms. The first-order valence-corrected chi connectivity index (χ1v) is 11.8. The summed E-state index contributed by atoms with van der Waals surface area (Å²) in [7, 11) is 0. The number of hydrazine groups is 1. The van der Waals surface area contributed by atoms with Crippen LogP contribution in [0, 0.1) is 6.92 Å². The molecule has 0 aliphatic heterocycles. The van der Waals surface area contributed by atoms with Crippen molar-refractivity contribution in [1.29, 1.82) is 0 Å². The van der Waals surface area contributed by atoms with E-state index in [0.29, 0.717) is 23.3 Å². The van der Waals surface area contributed by atoms with E-state index < -0.39 is 48.1 Å². The number of hydrogen-bond acceptors (Lipinski definition) is 6. The molecule has 3 rings (SSSR count). The van der Waals surface area contributed by atoms with Crippen LogP contribution in [0.2, 0.25) is 0 Å². The first-order valence-electron chi connectivity index (χ1n) is 11.0. The van der Waals surface area contributed by atoms with Crippen molar-refractivity contribution in [2.45, 2.75) is 84.3 Å². The molecule has 3 amide bonds. The predicted octanol–water partition coefficient (Wildman–Crippen LogP) is 3.53. The van der Waals surface area contributed by atoms with Gasteiger partial charge in [0, 0.05) is 17.5 Å². The van der Waals surface area contributed by atoms with Crippen LogP contribution in [-0.2, 0) is 17.8 Å². The number of alkyl halides is 3. The minimum atomic E-state index is -4.50. The van der Waals surface area contributed by atoms with E-state index in [4.69, 9.17) is 10.5 Å². The van der Waals surface area contributed by atoms with E-state index in [2.05, 4.69) is 5.43 Å². The molecule has 10 nitrogen and oxygen atoms in total. The maximum absolute atomic E-state index is 13.3. The Morgan fingerprint density at radius 1 is 1.23 bits per heavy atom. The Balaban J connectivity index is 2.07. The lowest BCUT2D eigenvalue weighted by molar-refractivity contribution is -0.136. The van der Waals surface area contributed by atoms with Crippen LogP contribution >= 0.6 is 11.3 Å². The number of nitrogens with two attached hydrogens (primary N) is 1. The zero-order valence-corrected chi connectivity index (χ0v) is 20.6. The predicted molar refractivity (Wildman–Crippen MR) is 123 cm³/mol. The number of ether oxygens (including phenoxy) is 1. The lowest BCUT2D eigenvalue weighted by atomic mass is 9.93. The molecule has 0 saturated heterocycles. The van der Waals surface area contributed by atoms with Crippen LogP contribution in [0.4, 0.5) is 22.8 Å². The maximum Gasteiger partial charge on any atom is 0.426 e. The lowest BCUT2D eigenvalue weighted by Gasteiger charge is -2.27. The topological polar surface area (TPSA) is 129 Å². The second-order valence-electron chi connectivity index (χ2n) is 9.43. The number of rotatable bonds is 5. The molecule has 2 aromatic heterocycles. The van der Waals surface area contributed by atoms with Crippen molar-refractivity contribution in [2.24, 2.45) is 5.73 Å². The van der Waals surface area contributed by atoms with Gasteiger partial charge in [0.2, 0.25) is 0 Å². The van der Waals surface area contributed by atoms with Gasteiger partial charge in [0.15, 0.2) is 0 Å². The number of hydrogen-bond donors (Lipinski definition) is 2. The molecular formula is C21H28F3N5O5S. The van der Waals surface area contributed by atoms with Gasteiger partial charge < -0.3 is 10.5 Å². The average molecular weight is 520 g/mol. The van der Waals surface area contributed by atoms with Crippen LogP contribution in [0.15, 0.2) is 9.59 Å². The first kappa shape index (κ1) is 26.6. The monoisotopic (exact) mass is 519 g/mol. The fourth-order valence-corrected chi connectivity index (χ4v) is 5.00. The third-order valence-electron chi connectivity index (χ3n) is 5.59. The summed E-state index contributed by atoms with van der Waals surface area (Å²) in [5.74, 6) is 0. The van der Waals surface area contributed by atoms with Crippen LogP contribution in [0.25, 0.3) is 10.2 Å². The van der Waals surface area contributed by atoms with E-state index in [-0.39, 0.29) is 22.8 Å². The molecule has 1 aliphatic rings. The lowest BCUT2D eigenvalue weighted by Crippen LogP contribution is -2.49. The van der Waals surface area contributed by atoms with Crippen molar-refractivity contribution in [3.8, 4) is 0 Å². The van der Waals surface area contributed by atoms with Crippen LogP contribution in [0.5, 0.6) is 0 Å². The van der Waals surface area contributed by atoms with Crippen LogP contribution < -0.4 is 22.4 Å². The van der Waals surface area contributed by atoms with Crippen molar-refractivity contribution in [3.63, 3.8) is 0 Å². The second-order valence-corrected chi connectivity index (χ2v) is 10.5. The SMILES string of the molecule is Cc1c(CN(NC(=O)OC(C)(C)C)C(N)=O)sc2c1c(=O)n(C1CCC1)c(=O)n2CCC(F)(F)F. The van der Waals surface area contributed by atoms with Crippen LogP contribution in [0.1, 0.15) is 62.9 Å². The first-order chi connectivity index (χ1) is 16.1. The van der Waals surface area contributed by atoms with Crippen molar-refractivity contribution >= 4 is 33.7 Å². The zero-order valence-electron chi connectivity index (χ0n) is 19.8. The molecule has 2 heterocycles. The molecule has 3 N–H and O–H groups in total. The molecule has 0 radical (unpaired) electrons. The third kappa shape index (κ3) is 5.97. The summed E-state index contributed by atoms with van der Waals surface area (Å²) in [6, 6.07) is -1.38. The molecular weight excluding hydrogens is 491 g/mol. The van der Waals surface area contributed by atoms with Crippen LogP contribution in [-0.4, -0.2) is 38.0 Å². The van der Waals surface area contributed by atoms with Gasteiger partial charge in [-0.05, 0) is 52.5 Å². The highest BCUT2D eigenvalue weighted by molar-refractivity contribution is 7.18. The van der Waals surface area contributed by atoms with Gasteiger partial charge in [0.25, 0.3) is 5.56 Å². The van der Waals surface area contributed by atoms with Crippen molar-refractivity contribution in [3.05, 3.63) is 31.3 Å². The number of aromatic nitrogens is 2. The normalized spacial score (nSPS) is 14.6. The van der Waals surface area contributed by atoms with E-state index >= 15 is 0 Å². The largest absolute Gasteiger partial charge is 0.443 e. The Morgan fingerprint density at radius 3 is 2.34 bits per heavy atom. The minimum Gasteiger partial charge on any atom is -0.443 e. The Morgan fingerprint density at radius 2 is 1.86 bits per heavy atom. The zero-order chi connectivity index (χ0) is 26.3. The molecule has 1 saturated carbocycles. The average Bonchev–Trinajstić information content (AvgIpc) is 2.96. The van der Waals surface area contributed by atoms with Gasteiger partial charge in [-0.2, -0.15) is 13.2 Å². The number of fused-ring (bicyclic) bond motifs is 1. The molecule has 0 atom stereocenters. The highest BCUT2D eigenvalue weighted by atomic mass is 32.1. The Kier molecular flexibility index (Phi) is 7.25. The second kappa shape index (κ2) is 9.55. The highest BCUT2D eigenvalue weighted by Crippen LogP contribution is 2.33. The number of halogens is 3. The smallest absolute Gasteiger partial charge is 0.426 e. The highest BCUT2D eigenvalue weighted by Gasteiger charge is 2.31. The summed E-state index contributed by atoms with van der Waals surface area (Å²) in [6.45, 7) is 5.53. The number of aryl methyl sites for hydroxylation is 2. The molecule has 0 aromatic carbocycles. The number of nitrogens with one attached hydrogen (secondary N) is 1. The van der Waals surface area contributed by atoms with Gasteiger partial charge in [-0.25, -0.2) is 24.8 Å². The number of carbonyl (C=O) groups excluding carboxylic acids is 2. The fourth-order valence-electron chi connectivity index (χ4n) is 3.69. The van der Waals surface area contributed by atoms with Gasteiger partial charge in [-0.15, -0.1) is 11.3 Å². The van der Waals surface area contributed by atoms with Crippen LogP contribution in [0.3, 0.4) is 0 Å². The molecule has 0 unspecified atom stereocenters. The summed E-state index contributed by atoms with van der Waals surface area (Å²) in [6.07, 6.45) is -4.70. The molecule has 1 aliphatic carbocycles. The van der Waals surface area contributed by atoms with Crippen molar-refractivity contribution in [2.75, 3.05) is 0 Å². The van der Waals surface area contributed by atoms with Gasteiger partial charge >= 0.3 is 24.0 Å². The van der Waals surface area contributed by atoms with E-state index in [1.165, 1.54) is 0 Å². The number of primary amides is 1. The summed E-state index contributed by atoms with van der Waals surface area (Å²) < 4.78 is 46.1.